The first-order valence-corrected chi connectivity index (χ1v) is 17.5. The molecule has 0 aliphatic carbocycles. The monoisotopic (exact) mass is 693 g/mol. The molecule has 6 aromatic rings. The summed E-state index contributed by atoms with van der Waals surface area (Å²) in [5, 5.41) is 10.8. The van der Waals surface area contributed by atoms with E-state index in [-0.39, 0.29) is 17.8 Å². The fraction of sp³-hybridized carbons (Fsp3) is 0.500. The second kappa shape index (κ2) is 17.5. The van der Waals surface area contributed by atoms with E-state index in [1.54, 1.807) is 24.8 Å². The van der Waals surface area contributed by atoms with Gasteiger partial charge in [0.2, 0.25) is 0 Å². The number of nitrogens with zero attached hydrogens (tertiary/aromatic N) is 12. The highest BCUT2D eigenvalue weighted by Gasteiger charge is 2.14. The zero-order chi connectivity index (χ0) is 37.2. The van der Waals surface area contributed by atoms with E-state index in [0.717, 1.165) is 56.9 Å². The Kier molecular flexibility index (Phi) is 13.2. The van der Waals surface area contributed by atoms with Crippen molar-refractivity contribution in [2.45, 2.75) is 119 Å². The first-order chi connectivity index (χ1) is 24.2. The lowest BCUT2D eigenvalue weighted by Crippen LogP contribution is -2.14. The maximum Gasteiger partial charge on any atom is 0.183 e. The van der Waals surface area contributed by atoms with Gasteiger partial charge in [0.15, 0.2) is 22.9 Å². The Balaban J connectivity index is 0.000000172. The topological polar surface area (TPSA) is 191 Å². The van der Waals surface area contributed by atoms with E-state index in [2.05, 4.69) is 159 Å². The van der Waals surface area contributed by atoms with Gasteiger partial charge in [0.25, 0.3) is 0 Å². The van der Waals surface area contributed by atoms with Gasteiger partial charge in [-0.2, -0.15) is 0 Å². The van der Waals surface area contributed by atoms with Gasteiger partial charge in [-0.05, 0) is 41.5 Å². The Hall–Kier alpha value is -5.34. The van der Waals surface area contributed by atoms with Gasteiger partial charge in [-0.1, -0.05) is 41.5 Å². The van der Waals surface area contributed by atoms with E-state index in [9.17, 15) is 0 Å². The minimum atomic E-state index is 0.272. The molecule has 6 rings (SSSR count). The molecular weight excluding hydrogens is 643 g/mol. The number of aromatic nitrogens is 12. The summed E-state index contributed by atoms with van der Waals surface area (Å²) in [5.74, 6) is 5.62. The van der Waals surface area contributed by atoms with Crippen LogP contribution in [0.15, 0.2) is 37.4 Å². The van der Waals surface area contributed by atoms with Crippen molar-refractivity contribution in [3.8, 4) is 0 Å². The van der Waals surface area contributed by atoms with Crippen molar-refractivity contribution >= 4 is 50.7 Å². The number of anilines is 3. The molecular formula is C36H51N15. The van der Waals surface area contributed by atoms with E-state index in [4.69, 9.17) is 0 Å². The molecule has 0 saturated carbocycles. The highest BCUT2D eigenvalue weighted by molar-refractivity contribution is 5.86. The smallest absolute Gasteiger partial charge is 0.183 e. The molecule has 0 amide bonds. The third-order valence-electron chi connectivity index (χ3n) is 6.95. The molecule has 0 atom stereocenters. The average Bonchev–Trinajstić information content (AvgIpc) is 3.08. The first kappa shape index (κ1) is 38.5. The molecule has 0 radical (unpaired) electrons. The van der Waals surface area contributed by atoms with Crippen LogP contribution < -0.4 is 16.0 Å². The average molecular weight is 694 g/mol. The number of hydrogen-bond acceptors (Lipinski definition) is 15. The van der Waals surface area contributed by atoms with Crippen LogP contribution in [-0.4, -0.2) is 77.9 Å². The predicted octanol–water partition coefficient (Wildman–Crippen LogP) is 7.09. The Morgan fingerprint density at radius 2 is 0.902 bits per heavy atom. The Morgan fingerprint density at radius 3 is 1.49 bits per heavy atom. The molecule has 6 heterocycles. The van der Waals surface area contributed by atoms with E-state index in [1.807, 2.05) is 0 Å². The molecule has 6 aromatic heterocycles. The van der Waals surface area contributed by atoms with Gasteiger partial charge in [0.1, 0.15) is 52.5 Å². The molecule has 0 aromatic carbocycles. The zero-order valence-corrected chi connectivity index (χ0v) is 31.8. The standard InChI is InChI=1S/3C12H17N5/c1-7(2)11-16-9-5-13-6-14-10(9)12(17-11)15-8(3)4;1-7(2)10-16-11-9(5-13-6-14-11)12(17-10)15-8(3)4;1-7(2)10-16-11-9(13-5-6-14-11)12(17-10)15-8(3)4/h5-8H,1-4H3,(H,15,16,17);5-8H,1-4H3,(H,13,14,15,16,17);5-8H,1-4H3,(H,14,15,16,17). The van der Waals surface area contributed by atoms with Gasteiger partial charge in [0, 0.05) is 54.5 Å². The number of nitrogens with one attached hydrogen (secondary N) is 3. The van der Waals surface area contributed by atoms with Crippen LogP contribution in [0.4, 0.5) is 17.5 Å². The number of hydrogen-bond donors (Lipinski definition) is 3. The van der Waals surface area contributed by atoms with Crippen molar-refractivity contribution in [3.05, 3.63) is 54.9 Å². The number of rotatable bonds is 9. The summed E-state index contributed by atoms with van der Waals surface area (Å²) < 4.78 is 0. The van der Waals surface area contributed by atoms with Crippen LogP contribution in [0.25, 0.3) is 33.2 Å². The molecule has 0 aliphatic heterocycles. The van der Waals surface area contributed by atoms with Gasteiger partial charge in [0.05, 0.1) is 11.6 Å². The molecule has 0 unspecified atom stereocenters. The molecule has 15 heteroatoms. The molecule has 51 heavy (non-hydrogen) atoms. The van der Waals surface area contributed by atoms with Crippen molar-refractivity contribution in [1.82, 2.24) is 59.8 Å². The Bertz CT molecular complexity index is 1800. The number of fused-ring (bicyclic) bond motifs is 3. The Labute approximate surface area is 299 Å². The van der Waals surface area contributed by atoms with E-state index in [0.29, 0.717) is 29.4 Å². The van der Waals surface area contributed by atoms with E-state index < -0.39 is 0 Å². The minimum absolute atomic E-state index is 0.272. The summed E-state index contributed by atoms with van der Waals surface area (Å²) in [6.45, 7) is 24.9. The molecule has 0 fully saturated rings. The van der Waals surface area contributed by atoms with Crippen LogP contribution in [0.2, 0.25) is 0 Å². The summed E-state index contributed by atoms with van der Waals surface area (Å²) in [4.78, 5) is 51.9. The van der Waals surface area contributed by atoms with Crippen LogP contribution in [0.1, 0.15) is 118 Å². The summed E-state index contributed by atoms with van der Waals surface area (Å²) in [6.07, 6.45) is 9.81. The zero-order valence-electron chi connectivity index (χ0n) is 31.8. The molecule has 0 aliphatic rings. The second-order valence-corrected chi connectivity index (χ2v) is 13.9. The van der Waals surface area contributed by atoms with Crippen molar-refractivity contribution in [3.63, 3.8) is 0 Å². The van der Waals surface area contributed by atoms with Gasteiger partial charge in [-0.25, -0.2) is 59.8 Å². The third-order valence-corrected chi connectivity index (χ3v) is 6.95. The third kappa shape index (κ3) is 10.6. The summed E-state index contributed by atoms with van der Waals surface area (Å²) in [7, 11) is 0. The summed E-state index contributed by atoms with van der Waals surface area (Å²) >= 11 is 0. The highest BCUT2D eigenvalue weighted by Crippen LogP contribution is 2.23. The van der Waals surface area contributed by atoms with Gasteiger partial charge >= 0.3 is 0 Å². The molecule has 15 nitrogen and oxygen atoms in total. The van der Waals surface area contributed by atoms with Gasteiger partial charge in [-0.15, -0.1) is 0 Å². The van der Waals surface area contributed by atoms with Crippen LogP contribution in [0.5, 0.6) is 0 Å². The summed E-state index contributed by atoms with van der Waals surface area (Å²) in [5.41, 5.74) is 3.63. The first-order valence-electron chi connectivity index (χ1n) is 17.5. The SMILES string of the molecule is CC(C)Nc1nc(C(C)C)nc2cncnc12.CC(C)Nc1nc(C(C)C)nc2nccnc12.CC(C)Nc1nc(C(C)C)nc2ncncc12. The normalized spacial score (nSPS) is 11.4. The predicted molar refractivity (Wildman–Crippen MR) is 204 cm³/mol. The van der Waals surface area contributed by atoms with Crippen molar-refractivity contribution < 1.29 is 0 Å². The molecule has 270 valence electrons. The van der Waals surface area contributed by atoms with Crippen molar-refractivity contribution in [2.24, 2.45) is 0 Å². The molecule has 3 N–H and O–H groups in total. The lowest BCUT2D eigenvalue weighted by Gasteiger charge is -2.13. The van der Waals surface area contributed by atoms with Crippen LogP contribution in [-0.2, 0) is 0 Å². The fourth-order valence-corrected chi connectivity index (χ4v) is 4.58. The second-order valence-electron chi connectivity index (χ2n) is 13.9. The Morgan fingerprint density at radius 1 is 0.431 bits per heavy atom. The van der Waals surface area contributed by atoms with Crippen LogP contribution in [0.3, 0.4) is 0 Å². The summed E-state index contributed by atoms with van der Waals surface area (Å²) in [6, 6.07) is 0.923. The molecule has 0 spiro atoms. The lowest BCUT2D eigenvalue weighted by atomic mass is 10.2. The van der Waals surface area contributed by atoms with Crippen molar-refractivity contribution in [1.29, 1.82) is 0 Å². The quantitative estimate of drug-likeness (QED) is 0.139. The maximum atomic E-state index is 4.54. The molecule has 0 bridgehead atoms. The van der Waals surface area contributed by atoms with Gasteiger partial charge < -0.3 is 16.0 Å². The maximum absolute atomic E-state index is 4.54. The highest BCUT2D eigenvalue weighted by atomic mass is 15.1. The fourth-order valence-electron chi connectivity index (χ4n) is 4.58. The van der Waals surface area contributed by atoms with Crippen LogP contribution in [0, 0.1) is 0 Å². The van der Waals surface area contributed by atoms with E-state index in [1.165, 1.54) is 12.7 Å². The van der Waals surface area contributed by atoms with Crippen molar-refractivity contribution in [2.75, 3.05) is 16.0 Å². The van der Waals surface area contributed by atoms with Crippen LogP contribution >= 0.6 is 0 Å². The minimum Gasteiger partial charge on any atom is -0.367 e. The van der Waals surface area contributed by atoms with E-state index >= 15 is 0 Å². The lowest BCUT2D eigenvalue weighted by molar-refractivity contribution is 0.775. The largest absolute Gasteiger partial charge is 0.367 e. The molecule has 0 saturated heterocycles. The van der Waals surface area contributed by atoms with Gasteiger partial charge in [-0.3, -0.25) is 0 Å².